The van der Waals surface area contributed by atoms with E-state index in [0.717, 1.165) is 0 Å². The molecule has 0 N–H and O–H groups in total. The van der Waals surface area contributed by atoms with Crippen molar-refractivity contribution in [1.29, 1.82) is 0 Å². The van der Waals surface area contributed by atoms with Crippen LogP contribution in [0, 0.1) is 11.6 Å². The molecule has 186 valence electrons. The van der Waals surface area contributed by atoms with Crippen LogP contribution in [0.15, 0.2) is 12.1 Å². The highest BCUT2D eigenvalue weighted by Gasteiger charge is 2.74. The number of alkyl halides is 14. The zero-order valence-corrected chi connectivity index (χ0v) is 14.4. The number of benzene rings is 1. The minimum atomic E-state index is -6.77. The maximum absolute atomic E-state index is 13.7. The van der Waals surface area contributed by atoms with Gasteiger partial charge in [-0.1, -0.05) is 0 Å². The smallest absolute Gasteiger partial charge is 0.460 e. The summed E-state index contributed by atoms with van der Waals surface area (Å²) in [5.41, 5.74) is 0. The maximum Gasteiger partial charge on any atom is 0.460 e. The molecular formula is C14H6F16O2. The molecule has 0 fully saturated rings. The number of hydrogen-bond acceptors (Lipinski definition) is 2. The zero-order valence-electron chi connectivity index (χ0n) is 14.4. The van der Waals surface area contributed by atoms with Gasteiger partial charge in [0, 0.05) is 0 Å². The maximum atomic E-state index is 13.7. The fourth-order valence-electron chi connectivity index (χ4n) is 1.67. The van der Waals surface area contributed by atoms with Crippen molar-refractivity contribution in [3.63, 3.8) is 0 Å². The quantitative estimate of drug-likeness (QED) is 0.378. The van der Waals surface area contributed by atoms with E-state index in [-0.39, 0.29) is 12.1 Å². The molecule has 0 bridgehead atoms. The Morgan fingerprint density at radius 1 is 0.500 bits per heavy atom. The lowest BCUT2D eigenvalue weighted by atomic mass is 10.1. The van der Waals surface area contributed by atoms with Gasteiger partial charge in [-0.05, 0) is 12.1 Å². The molecule has 0 aromatic heterocycles. The summed E-state index contributed by atoms with van der Waals surface area (Å²) in [6.07, 6.45) is -13.5. The van der Waals surface area contributed by atoms with Crippen molar-refractivity contribution in [1.82, 2.24) is 0 Å². The SMILES string of the molecule is Fc1c(OCC(F)(F)C(F)(F)C(F)(F)F)ccc(OCC(F)(F)C(F)(F)C(F)(F)F)c1F. The molecule has 0 heterocycles. The summed E-state index contributed by atoms with van der Waals surface area (Å²) in [5, 5.41) is 0. The van der Waals surface area contributed by atoms with Gasteiger partial charge in [-0.3, -0.25) is 0 Å². The van der Waals surface area contributed by atoms with E-state index in [2.05, 4.69) is 9.47 Å². The van der Waals surface area contributed by atoms with E-state index < -0.39 is 72.4 Å². The zero-order chi connectivity index (χ0) is 25.6. The van der Waals surface area contributed by atoms with Crippen LogP contribution in [0.5, 0.6) is 11.5 Å². The molecule has 0 aliphatic heterocycles. The molecule has 0 radical (unpaired) electrons. The molecule has 0 aliphatic rings. The van der Waals surface area contributed by atoms with Crippen LogP contribution in [-0.2, 0) is 0 Å². The minimum absolute atomic E-state index is 0.0460. The summed E-state index contributed by atoms with van der Waals surface area (Å²) in [6.45, 7) is -5.74. The van der Waals surface area contributed by atoms with Crippen molar-refractivity contribution in [2.75, 3.05) is 13.2 Å². The van der Waals surface area contributed by atoms with Crippen LogP contribution >= 0.6 is 0 Å². The summed E-state index contributed by atoms with van der Waals surface area (Å²) in [5.74, 6) is -33.9. The lowest BCUT2D eigenvalue weighted by molar-refractivity contribution is -0.358. The van der Waals surface area contributed by atoms with Gasteiger partial charge in [-0.2, -0.15) is 70.2 Å². The van der Waals surface area contributed by atoms with Crippen molar-refractivity contribution in [3.05, 3.63) is 23.8 Å². The fraction of sp³-hybridized carbons (Fsp3) is 0.571. The van der Waals surface area contributed by atoms with E-state index in [0.29, 0.717) is 0 Å². The summed E-state index contributed by atoms with van der Waals surface area (Å²) in [4.78, 5) is 0. The molecular weight excluding hydrogens is 504 g/mol. The Hall–Kier alpha value is -2.30. The first-order chi connectivity index (χ1) is 14.0. The highest BCUT2D eigenvalue weighted by Crippen LogP contribution is 2.48. The van der Waals surface area contributed by atoms with Crippen LogP contribution in [0.1, 0.15) is 0 Å². The molecule has 1 rings (SSSR count). The summed E-state index contributed by atoms with van der Waals surface area (Å²) >= 11 is 0. The predicted octanol–water partition coefficient (Wildman–Crippen LogP) is 6.39. The molecule has 1 aromatic rings. The van der Waals surface area contributed by atoms with Gasteiger partial charge >= 0.3 is 36.0 Å². The second kappa shape index (κ2) is 8.24. The third-order valence-corrected chi connectivity index (χ3v) is 3.46. The Morgan fingerprint density at radius 2 is 0.750 bits per heavy atom. The number of ether oxygens (including phenoxy) is 2. The normalized spacial score (nSPS) is 14.5. The molecule has 0 aliphatic carbocycles. The van der Waals surface area contributed by atoms with Crippen molar-refractivity contribution in [2.45, 2.75) is 36.0 Å². The van der Waals surface area contributed by atoms with Crippen LogP contribution in [0.2, 0.25) is 0 Å². The van der Waals surface area contributed by atoms with E-state index in [1.165, 1.54) is 0 Å². The van der Waals surface area contributed by atoms with Gasteiger partial charge in [-0.25, -0.2) is 0 Å². The molecule has 1 aromatic carbocycles. The van der Waals surface area contributed by atoms with E-state index in [4.69, 9.17) is 0 Å². The van der Waals surface area contributed by atoms with Gasteiger partial charge in [-0.15, -0.1) is 0 Å². The van der Waals surface area contributed by atoms with Gasteiger partial charge in [0.1, 0.15) is 0 Å². The molecule has 18 heteroatoms. The first-order valence-electron chi connectivity index (χ1n) is 7.38. The number of halogens is 16. The third-order valence-electron chi connectivity index (χ3n) is 3.46. The van der Waals surface area contributed by atoms with Crippen LogP contribution in [0.4, 0.5) is 70.2 Å². The monoisotopic (exact) mass is 510 g/mol. The first kappa shape index (κ1) is 27.7. The van der Waals surface area contributed by atoms with E-state index in [1.807, 2.05) is 0 Å². The number of rotatable bonds is 8. The van der Waals surface area contributed by atoms with Crippen molar-refractivity contribution in [2.24, 2.45) is 0 Å². The Kier molecular flexibility index (Phi) is 7.14. The van der Waals surface area contributed by atoms with Crippen molar-refractivity contribution < 1.29 is 79.7 Å². The molecule has 32 heavy (non-hydrogen) atoms. The van der Waals surface area contributed by atoms with Crippen LogP contribution in [0.25, 0.3) is 0 Å². The highest BCUT2D eigenvalue weighted by molar-refractivity contribution is 5.35. The lowest BCUT2D eigenvalue weighted by Gasteiger charge is -2.28. The van der Waals surface area contributed by atoms with Crippen molar-refractivity contribution in [3.8, 4) is 11.5 Å². The van der Waals surface area contributed by atoms with Gasteiger partial charge in [0.25, 0.3) is 0 Å². The second-order valence-electron chi connectivity index (χ2n) is 5.82. The predicted molar refractivity (Wildman–Crippen MR) is 69.2 cm³/mol. The van der Waals surface area contributed by atoms with Gasteiger partial charge in [0.05, 0.1) is 0 Å². The Labute approximate surface area is 165 Å². The first-order valence-corrected chi connectivity index (χ1v) is 7.38. The third kappa shape index (κ3) is 5.02. The Balaban J connectivity index is 3.02. The standard InChI is InChI=1S/C14H6F16O2/c15-7-5(31-3-9(17,18)11(21,22)13(25,26)27)1-2-6(8(7)16)32-4-10(19,20)12(23,24)14(28,29)30/h1-2H,3-4H2. The lowest BCUT2D eigenvalue weighted by Crippen LogP contribution is -2.54. The Bertz CT molecular complexity index is 743. The Morgan fingerprint density at radius 3 is 0.969 bits per heavy atom. The molecule has 2 nitrogen and oxygen atoms in total. The van der Waals surface area contributed by atoms with Gasteiger partial charge in [0.2, 0.25) is 11.6 Å². The van der Waals surface area contributed by atoms with Gasteiger partial charge in [0.15, 0.2) is 24.7 Å². The van der Waals surface area contributed by atoms with Crippen LogP contribution in [-0.4, -0.2) is 49.3 Å². The van der Waals surface area contributed by atoms with Crippen LogP contribution in [0.3, 0.4) is 0 Å². The van der Waals surface area contributed by atoms with Gasteiger partial charge < -0.3 is 9.47 Å². The van der Waals surface area contributed by atoms with E-state index in [9.17, 15) is 70.2 Å². The largest absolute Gasteiger partial charge is 0.484 e. The van der Waals surface area contributed by atoms with E-state index >= 15 is 0 Å². The van der Waals surface area contributed by atoms with Crippen molar-refractivity contribution >= 4 is 0 Å². The average molecular weight is 510 g/mol. The molecule has 0 atom stereocenters. The minimum Gasteiger partial charge on any atom is -0.484 e. The topological polar surface area (TPSA) is 18.5 Å². The fourth-order valence-corrected chi connectivity index (χ4v) is 1.67. The molecule has 0 spiro atoms. The highest BCUT2D eigenvalue weighted by atomic mass is 19.4. The number of hydrogen-bond donors (Lipinski definition) is 0. The summed E-state index contributed by atoms with van der Waals surface area (Å²) in [7, 11) is 0. The second-order valence-corrected chi connectivity index (χ2v) is 5.82. The average Bonchev–Trinajstić information content (AvgIpc) is 2.59. The molecule has 0 unspecified atom stereocenters. The van der Waals surface area contributed by atoms with Crippen LogP contribution < -0.4 is 9.47 Å². The molecule has 0 amide bonds. The molecule has 0 saturated heterocycles. The summed E-state index contributed by atoms with van der Waals surface area (Å²) in [6, 6.07) is -0.0921. The molecule has 0 saturated carbocycles. The van der Waals surface area contributed by atoms with E-state index in [1.54, 1.807) is 0 Å². The summed E-state index contributed by atoms with van der Waals surface area (Å²) < 4.78 is 209.